The van der Waals surface area contributed by atoms with E-state index in [1.165, 1.54) is 0 Å². The zero-order valence-electron chi connectivity index (χ0n) is 10.6. The number of nitrogens with zero attached hydrogens (tertiary/aromatic N) is 1. The van der Waals surface area contributed by atoms with Gasteiger partial charge in [-0.05, 0) is 35.0 Å². The van der Waals surface area contributed by atoms with Crippen molar-refractivity contribution in [1.82, 2.24) is 4.90 Å². The maximum atomic E-state index is 12.4. The van der Waals surface area contributed by atoms with E-state index in [9.17, 15) is 4.79 Å². The van der Waals surface area contributed by atoms with Gasteiger partial charge in [-0.15, -0.1) is 0 Å². The van der Waals surface area contributed by atoms with E-state index in [-0.39, 0.29) is 5.91 Å². The van der Waals surface area contributed by atoms with Crippen LogP contribution in [0.1, 0.15) is 10.4 Å². The number of ether oxygens (including phenoxy) is 1. The molecule has 2 aromatic rings. The van der Waals surface area contributed by atoms with Crippen molar-refractivity contribution < 1.29 is 9.53 Å². The third kappa shape index (κ3) is 2.39. The lowest BCUT2D eigenvalue weighted by atomic mass is 10.1. The average molecular weight is 256 g/mol. The molecule has 4 heteroatoms. The van der Waals surface area contributed by atoms with E-state index < -0.39 is 0 Å². The highest BCUT2D eigenvalue weighted by molar-refractivity contribution is 5.99. The number of nitrogens with two attached hydrogens (primary N) is 1. The van der Waals surface area contributed by atoms with E-state index in [0.717, 1.165) is 22.0 Å². The zero-order chi connectivity index (χ0) is 13.2. The Balaban J connectivity index is 1.92. The van der Waals surface area contributed by atoms with Gasteiger partial charge in [0.15, 0.2) is 0 Å². The number of rotatable bonds is 1. The second-order valence-electron chi connectivity index (χ2n) is 4.73. The van der Waals surface area contributed by atoms with Gasteiger partial charge >= 0.3 is 0 Å². The fraction of sp³-hybridized carbons (Fsp3) is 0.267. The van der Waals surface area contributed by atoms with Crippen molar-refractivity contribution in [2.45, 2.75) is 0 Å². The van der Waals surface area contributed by atoms with Crippen LogP contribution < -0.4 is 5.73 Å². The van der Waals surface area contributed by atoms with E-state index in [4.69, 9.17) is 10.5 Å². The SMILES string of the molecule is Nc1ccc2cc(C(=O)N3CCOCC3)ccc2c1. The molecule has 4 nitrogen and oxygen atoms in total. The molecule has 2 aromatic carbocycles. The summed E-state index contributed by atoms with van der Waals surface area (Å²) in [7, 11) is 0. The Labute approximate surface area is 111 Å². The standard InChI is InChI=1S/C15H16N2O2/c16-14-4-3-11-9-13(2-1-12(11)10-14)15(18)17-5-7-19-8-6-17/h1-4,9-10H,5-8,16H2. The van der Waals surface area contributed by atoms with Crippen LogP contribution in [0.3, 0.4) is 0 Å². The van der Waals surface area contributed by atoms with Crippen LogP contribution in [0.2, 0.25) is 0 Å². The molecule has 0 atom stereocenters. The summed E-state index contributed by atoms with van der Waals surface area (Å²) in [5, 5.41) is 2.09. The first kappa shape index (κ1) is 12.0. The largest absolute Gasteiger partial charge is 0.399 e. The third-order valence-corrected chi connectivity index (χ3v) is 3.41. The maximum absolute atomic E-state index is 12.4. The van der Waals surface area contributed by atoms with E-state index in [1.807, 2.05) is 41.3 Å². The Morgan fingerprint density at radius 1 is 1.05 bits per heavy atom. The molecule has 0 aromatic heterocycles. The smallest absolute Gasteiger partial charge is 0.254 e. The van der Waals surface area contributed by atoms with Crippen LogP contribution in [0.25, 0.3) is 10.8 Å². The minimum absolute atomic E-state index is 0.0713. The molecular weight excluding hydrogens is 240 g/mol. The van der Waals surface area contributed by atoms with Gasteiger partial charge in [0, 0.05) is 24.3 Å². The van der Waals surface area contributed by atoms with Crippen molar-refractivity contribution in [3.63, 3.8) is 0 Å². The topological polar surface area (TPSA) is 55.6 Å². The number of carbonyl (C=O) groups is 1. The molecule has 2 N–H and O–H groups in total. The van der Waals surface area contributed by atoms with Crippen molar-refractivity contribution >= 4 is 22.4 Å². The first-order chi connectivity index (χ1) is 9.24. The first-order valence-electron chi connectivity index (χ1n) is 6.40. The van der Waals surface area contributed by atoms with Crippen LogP contribution in [0, 0.1) is 0 Å². The summed E-state index contributed by atoms with van der Waals surface area (Å²) in [5.41, 5.74) is 7.21. The Morgan fingerprint density at radius 3 is 2.53 bits per heavy atom. The van der Waals surface area contributed by atoms with Gasteiger partial charge in [-0.3, -0.25) is 4.79 Å². The molecule has 0 saturated carbocycles. The number of carbonyl (C=O) groups excluding carboxylic acids is 1. The Hall–Kier alpha value is -2.07. The number of hydrogen-bond donors (Lipinski definition) is 1. The summed E-state index contributed by atoms with van der Waals surface area (Å²) >= 11 is 0. The van der Waals surface area contributed by atoms with Crippen molar-refractivity contribution in [2.75, 3.05) is 32.0 Å². The van der Waals surface area contributed by atoms with Crippen LogP contribution >= 0.6 is 0 Å². The molecule has 1 heterocycles. The van der Waals surface area contributed by atoms with Gasteiger partial charge in [0.1, 0.15) is 0 Å². The Bertz CT molecular complexity index is 619. The molecule has 0 spiro atoms. The molecular formula is C15H16N2O2. The number of anilines is 1. The van der Waals surface area contributed by atoms with Gasteiger partial charge in [-0.2, -0.15) is 0 Å². The quantitative estimate of drug-likeness (QED) is 0.793. The highest BCUT2D eigenvalue weighted by atomic mass is 16.5. The molecule has 1 fully saturated rings. The van der Waals surface area contributed by atoms with E-state index in [2.05, 4.69) is 0 Å². The predicted molar refractivity (Wildman–Crippen MR) is 75.1 cm³/mol. The summed E-state index contributed by atoms with van der Waals surface area (Å²) < 4.78 is 5.26. The number of nitrogen functional groups attached to an aromatic ring is 1. The molecule has 3 rings (SSSR count). The summed E-state index contributed by atoms with van der Waals surface area (Å²) in [6, 6.07) is 11.4. The average Bonchev–Trinajstić information content (AvgIpc) is 2.47. The molecule has 19 heavy (non-hydrogen) atoms. The third-order valence-electron chi connectivity index (χ3n) is 3.41. The van der Waals surface area contributed by atoms with Gasteiger partial charge in [-0.1, -0.05) is 12.1 Å². The highest BCUT2D eigenvalue weighted by Gasteiger charge is 2.18. The van der Waals surface area contributed by atoms with Gasteiger partial charge in [0.2, 0.25) is 0 Å². The number of morpholine rings is 1. The van der Waals surface area contributed by atoms with Crippen LogP contribution in [-0.4, -0.2) is 37.1 Å². The van der Waals surface area contributed by atoms with E-state index >= 15 is 0 Å². The molecule has 0 unspecified atom stereocenters. The van der Waals surface area contributed by atoms with Crippen molar-refractivity contribution in [2.24, 2.45) is 0 Å². The number of benzene rings is 2. The molecule has 0 aliphatic carbocycles. The summed E-state index contributed by atoms with van der Waals surface area (Å²) in [6.45, 7) is 2.57. The first-order valence-corrected chi connectivity index (χ1v) is 6.40. The van der Waals surface area contributed by atoms with Crippen LogP contribution in [-0.2, 0) is 4.74 Å². The summed E-state index contributed by atoms with van der Waals surface area (Å²) in [6.07, 6.45) is 0. The van der Waals surface area contributed by atoms with Gasteiger partial charge in [0.05, 0.1) is 13.2 Å². The Kier molecular flexibility index (Phi) is 3.09. The molecule has 0 radical (unpaired) electrons. The molecule has 1 saturated heterocycles. The molecule has 1 aliphatic rings. The minimum atomic E-state index is 0.0713. The predicted octanol–water partition coefficient (Wildman–Crippen LogP) is 1.89. The summed E-state index contributed by atoms with van der Waals surface area (Å²) in [4.78, 5) is 14.2. The Morgan fingerprint density at radius 2 is 1.74 bits per heavy atom. The monoisotopic (exact) mass is 256 g/mol. The van der Waals surface area contributed by atoms with Crippen molar-refractivity contribution in [1.29, 1.82) is 0 Å². The normalized spacial score (nSPS) is 15.7. The summed E-state index contributed by atoms with van der Waals surface area (Å²) in [5.74, 6) is 0.0713. The van der Waals surface area contributed by atoms with Crippen molar-refractivity contribution in [3.8, 4) is 0 Å². The van der Waals surface area contributed by atoms with Crippen molar-refractivity contribution in [3.05, 3.63) is 42.0 Å². The van der Waals surface area contributed by atoms with Gasteiger partial charge in [0.25, 0.3) is 5.91 Å². The zero-order valence-corrected chi connectivity index (χ0v) is 10.6. The second-order valence-corrected chi connectivity index (χ2v) is 4.73. The number of fused-ring (bicyclic) bond motifs is 1. The fourth-order valence-electron chi connectivity index (χ4n) is 2.35. The van der Waals surface area contributed by atoms with E-state index in [1.54, 1.807) is 0 Å². The molecule has 1 amide bonds. The van der Waals surface area contributed by atoms with Gasteiger partial charge in [-0.25, -0.2) is 0 Å². The lowest BCUT2D eigenvalue weighted by Gasteiger charge is -2.26. The molecule has 98 valence electrons. The highest BCUT2D eigenvalue weighted by Crippen LogP contribution is 2.20. The van der Waals surface area contributed by atoms with Gasteiger partial charge < -0.3 is 15.4 Å². The molecule has 1 aliphatic heterocycles. The molecule has 0 bridgehead atoms. The maximum Gasteiger partial charge on any atom is 0.254 e. The lowest BCUT2D eigenvalue weighted by Crippen LogP contribution is -2.40. The number of hydrogen-bond acceptors (Lipinski definition) is 3. The fourth-order valence-corrected chi connectivity index (χ4v) is 2.35. The van der Waals surface area contributed by atoms with Crippen LogP contribution in [0.15, 0.2) is 36.4 Å². The number of amides is 1. The van der Waals surface area contributed by atoms with Crippen LogP contribution in [0.5, 0.6) is 0 Å². The van der Waals surface area contributed by atoms with Crippen LogP contribution in [0.4, 0.5) is 5.69 Å². The minimum Gasteiger partial charge on any atom is -0.399 e. The van der Waals surface area contributed by atoms with E-state index in [0.29, 0.717) is 26.3 Å². The second kappa shape index (κ2) is 4.90. The lowest BCUT2D eigenvalue weighted by molar-refractivity contribution is 0.0303.